The average molecular weight is 317 g/mol. The Kier molecular flexibility index (Phi) is 4.71. The average Bonchev–Trinajstić information content (AvgIpc) is 3.01. The normalized spacial score (nSPS) is 15.6. The second kappa shape index (κ2) is 6.91. The highest BCUT2D eigenvalue weighted by Gasteiger charge is 2.27. The van der Waals surface area contributed by atoms with Gasteiger partial charge in [-0.2, -0.15) is 0 Å². The van der Waals surface area contributed by atoms with Crippen molar-refractivity contribution in [3.63, 3.8) is 0 Å². The summed E-state index contributed by atoms with van der Waals surface area (Å²) in [6.07, 6.45) is 3.18. The van der Waals surface area contributed by atoms with E-state index in [1.54, 1.807) is 18.3 Å². The molecule has 2 heterocycles. The van der Waals surface area contributed by atoms with Crippen LogP contribution in [0, 0.1) is 12.7 Å². The van der Waals surface area contributed by atoms with Crippen molar-refractivity contribution < 1.29 is 13.9 Å². The Balaban J connectivity index is 1.83. The lowest BCUT2D eigenvalue weighted by Gasteiger charge is -2.34. The summed E-state index contributed by atoms with van der Waals surface area (Å²) in [6.45, 7) is 3.57. The van der Waals surface area contributed by atoms with Crippen LogP contribution in [0.5, 0.6) is 0 Å². The number of carbonyl (C=O) groups excluding carboxylic acids is 1. The van der Waals surface area contributed by atoms with Crippen molar-refractivity contribution in [1.82, 2.24) is 14.9 Å². The smallest absolute Gasteiger partial charge is 0.272 e. The summed E-state index contributed by atoms with van der Waals surface area (Å²) in [7, 11) is 0. The van der Waals surface area contributed by atoms with Crippen molar-refractivity contribution in [2.75, 3.05) is 13.2 Å². The lowest BCUT2D eigenvalue weighted by atomic mass is 10.0. The molecule has 1 aromatic carbocycles. The van der Waals surface area contributed by atoms with Gasteiger partial charge in [-0.1, -0.05) is 12.1 Å². The van der Waals surface area contributed by atoms with Gasteiger partial charge in [-0.3, -0.25) is 4.79 Å². The Morgan fingerprint density at radius 2 is 2.04 bits per heavy atom. The first-order chi connectivity index (χ1) is 11.1. The number of benzene rings is 1. The number of halogens is 1. The molecule has 3 rings (SSSR count). The number of nitrogens with one attached hydrogen (secondary N) is 1. The molecule has 2 aromatic rings. The van der Waals surface area contributed by atoms with E-state index < -0.39 is 0 Å². The summed E-state index contributed by atoms with van der Waals surface area (Å²) in [5.74, 6) is 0.353. The molecule has 1 aromatic heterocycles. The van der Waals surface area contributed by atoms with Crippen LogP contribution in [0.4, 0.5) is 4.39 Å². The van der Waals surface area contributed by atoms with Gasteiger partial charge in [-0.05, 0) is 37.5 Å². The minimum Gasteiger partial charge on any atom is -0.381 e. The topological polar surface area (TPSA) is 58.2 Å². The fourth-order valence-electron chi connectivity index (χ4n) is 2.83. The van der Waals surface area contributed by atoms with Crippen LogP contribution in [-0.2, 0) is 11.3 Å². The first-order valence-electron chi connectivity index (χ1n) is 7.78. The number of imidazole rings is 1. The van der Waals surface area contributed by atoms with E-state index >= 15 is 0 Å². The number of ether oxygens (including phenoxy) is 1. The third-order valence-corrected chi connectivity index (χ3v) is 4.09. The van der Waals surface area contributed by atoms with Crippen molar-refractivity contribution in [2.45, 2.75) is 32.4 Å². The minimum atomic E-state index is -0.276. The molecule has 1 fully saturated rings. The second-order valence-corrected chi connectivity index (χ2v) is 5.79. The van der Waals surface area contributed by atoms with E-state index in [-0.39, 0.29) is 17.8 Å². The Morgan fingerprint density at radius 1 is 1.35 bits per heavy atom. The zero-order valence-electron chi connectivity index (χ0n) is 13.1. The highest BCUT2D eigenvalue weighted by molar-refractivity contribution is 5.92. The number of aromatic amines is 1. The van der Waals surface area contributed by atoms with Gasteiger partial charge in [0.2, 0.25) is 0 Å². The van der Waals surface area contributed by atoms with Crippen LogP contribution in [0.15, 0.2) is 30.5 Å². The van der Waals surface area contributed by atoms with E-state index in [0.29, 0.717) is 31.3 Å². The second-order valence-electron chi connectivity index (χ2n) is 5.79. The molecular formula is C17H20FN3O2. The quantitative estimate of drug-likeness (QED) is 0.943. The predicted molar refractivity (Wildman–Crippen MR) is 83.4 cm³/mol. The first-order valence-corrected chi connectivity index (χ1v) is 7.78. The number of hydrogen-bond donors (Lipinski definition) is 1. The number of aryl methyl sites for hydroxylation is 1. The number of hydrogen-bond acceptors (Lipinski definition) is 3. The van der Waals surface area contributed by atoms with Gasteiger partial charge in [-0.25, -0.2) is 9.37 Å². The number of rotatable bonds is 4. The maximum Gasteiger partial charge on any atom is 0.272 e. The number of aromatic nitrogens is 2. The van der Waals surface area contributed by atoms with Crippen LogP contribution >= 0.6 is 0 Å². The molecule has 0 radical (unpaired) electrons. The molecule has 23 heavy (non-hydrogen) atoms. The lowest BCUT2D eigenvalue weighted by molar-refractivity contribution is 0.0264. The zero-order chi connectivity index (χ0) is 16.2. The SMILES string of the molecule is Cc1ncc(C(=O)N(Cc2ccc(F)cc2)C2CCOCC2)[nH]1. The van der Waals surface area contributed by atoms with Gasteiger partial charge in [0.1, 0.15) is 17.3 Å². The van der Waals surface area contributed by atoms with E-state index in [0.717, 1.165) is 18.4 Å². The van der Waals surface area contributed by atoms with Crippen molar-refractivity contribution >= 4 is 5.91 Å². The van der Waals surface area contributed by atoms with Gasteiger partial charge >= 0.3 is 0 Å². The van der Waals surface area contributed by atoms with Crippen molar-refractivity contribution in [3.8, 4) is 0 Å². The van der Waals surface area contributed by atoms with E-state index in [1.165, 1.54) is 12.1 Å². The molecule has 0 unspecified atom stereocenters. The minimum absolute atomic E-state index is 0.0816. The molecule has 1 aliphatic heterocycles. The fourth-order valence-corrected chi connectivity index (χ4v) is 2.83. The van der Waals surface area contributed by atoms with Gasteiger partial charge < -0.3 is 14.6 Å². The number of amides is 1. The van der Waals surface area contributed by atoms with Gasteiger partial charge in [0.05, 0.1) is 6.20 Å². The molecule has 0 saturated carbocycles. The molecule has 0 bridgehead atoms. The van der Waals surface area contributed by atoms with Crippen molar-refractivity contribution in [2.24, 2.45) is 0 Å². The highest BCUT2D eigenvalue weighted by Crippen LogP contribution is 2.20. The zero-order valence-corrected chi connectivity index (χ0v) is 13.1. The summed E-state index contributed by atoms with van der Waals surface area (Å²) in [4.78, 5) is 21.8. The molecule has 6 heteroatoms. The van der Waals surface area contributed by atoms with Gasteiger partial charge in [0.25, 0.3) is 5.91 Å². The summed E-state index contributed by atoms with van der Waals surface area (Å²) >= 11 is 0. The highest BCUT2D eigenvalue weighted by atomic mass is 19.1. The van der Waals surface area contributed by atoms with Crippen LogP contribution < -0.4 is 0 Å². The molecule has 1 N–H and O–H groups in total. The van der Waals surface area contributed by atoms with E-state index in [4.69, 9.17) is 4.74 Å². The Morgan fingerprint density at radius 3 is 2.65 bits per heavy atom. The Bertz CT molecular complexity index is 663. The van der Waals surface area contributed by atoms with Gasteiger partial charge in [-0.15, -0.1) is 0 Å². The van der Waals surface area contributed by atoms with Gasteiger partial charge in [0.15, 0.2) is 0 Å². The molecule has 5 nitrogen and oxygen atoms in total. The number of carbonyl (C=O) groups is 1. The lowest BCUT2D eigenvalue weighted by Crippen LogP contribution is -2.43. The fraction of sp³-hybridized carbons (Fsp3) is 0.412. The van der Waals surface area contributed by atoms with Crippen LogP contribution in [-0.4, -0.2) is 40.0 Å². The van der Waals surface area contributed by atoms with Crippen LogP contribution in [0.25, 0.3) is 0 Å². The first kappa shape index (κ1) is 15.7. The van der Waals surface area contributed by atoms with Gasteiger partial charge in [0, 0.05) is 25.8 Å². The number of nitrogens with zero attached hydrogens (tertiary/aromatic N) is 2. The molecule has 1 aliphatic rings. The molecule has 122 valence electrons. The monoisotopic (exact) mass is 317 g/mol. The Hall–Kier alpha value is -2.21. The summed E-state index contributed by atoms with van der Waals surface area (Å²) in [5.41, 5.74) is 1.39. The van der Waals surface area contributed by atoms with Crippen LogP contribution in [0.3, 0.4) is 0 Å². The molecule has 1 amide bonds. The Labute approximate surface area is 134 Å². The summed E-state index contributed by atoms with van der Waals surface area (Å²) < 4.78 is 18.5. The maximum atomic E-state index is 13.1. The molecule has 1 saturated heterocycles. The van der Waals surface area contributed by atoms with E-state index in [2.05, 4.69) is 9.97 Å². The van der Waals surface area contributed by atoms with Crippen molar-refractivity contribution in [1.29, 1.82) is 0 Å². The predicted octanol–water partition coefficient (Wildman–Crippen LogP) is 2.68. The largest absolute Gasteiger partial charge is 0.381 e. The van der Waals surface area contributed by atoms with Crippen LogP contribution in [0.2, 0.25) is 0 Å². The standard InChI is InChI=1S/C17H20FN3O2/c1-12-19-10-16(20-12)17(22)21(15-6-8-23-9-7-15)11-13-2-4-14(18)5-3-13/h2-5,10,15H,6-9,11H2,1H3,(H,19,20). The maximum absolute atomic E-state index is 13.1. The van der Waals surface area contributed by atoms with E-state index in [1.807, 2.05) is 11.8 Å². The molecule has 0 aliphatic carbocycles. The summed E-state index contributed by atoms with van der Waals surface area (Å²) in [6, 6.07) is 6.38. The van der Waals surface area contributed by atoms with Crippen LogP contribution in [0.1, 0.15) is 34.7 Å². The third kappa shape index (κ3) is 3.76. The van der Waals surface area contributed by atoms with E-state index in [9.17, 15) is 9.18 Å². The number of H-pyrrole nitrogens is 1. The third-order valence-electron chi connectivity index (χ3n) is 4.09. The summed E-state index contributed by atoms with van der Waals surface area (Å²) in [5, 5.41) is 0. The molecular weight excluding hydrogens is 297 g/mol. The van der Waals surface area contributed by atoms with Crippen molar-refractivity contribution in [3.05, 3.63) is 53.4 Å². The molecule has 0 spiro atoms. The molecule has 0 atom stereocenters.